The van der Waals surface area contributed by atoms with E-state index in [-0.39, 0.29) is 16.5 Å². The van der Waals surface area contributed by atoms with Gasteiger partial charge in [0.25, 0.3) is 0 Å². The summed E-state index contributed by atoms with van der Waals surface area (Å²) in [5.74, 6) is 0.193. The minimum Gasteiger partial charge on any atom is -0.385 e. The minimum atomic E-state index is -3.61. The fraction of sp³-hybridized carbons (Fsp3) is 0.200. The predicted octanol–water partition coefficient (Wildman–Crippen LogP) is 0.0598. The van der Waals surface area contributed by atoms with Crippen molar-refractivity contribution in [3.8, 4) is 6.01 Å². The van der Waals surface area contributed by atoms with Crippen LogP contribution in [-0.2, 0) is 10.1 Å². The molecule has 1 heterocycles. The molecule has 3 N–H and O–H groups in total. The fourth-order valence-corrected chi connectivity index (χ4v) is 1.21. The van der Waals surface area contributed by atoms with E-state index in [1.807, 2.05) is 0 Å². The lowest BCUT2D eigenvalue weighted by atomic mass is 10.6. The number of hydrogen-bond acceptors (Lipinski definition) is 6. The molecule has 0 fully saturated rings. The molecule has 1 rings (SSSR count). The highest BCUT2D eigenvalue weighted by Gasteiger charge is 2.06. The fourth-order valence-electron chi connectivity index (χ4n) is 0.636. The minimum absolute atomic E-state index is 0.162. The van der Waals surface area contributed by atoms with Gasteiger partial charge in [-0.3, -0.25) is 4.98 Å². The number of nitrogens with zero attached hydrogens (tertiary/aromatic N) is 1. The maximum Gasteiger partial charge on any atom is 0.313 e. The molecule has 0 aliphatic heterocycles. The lowest BCUT2D eigenvalue weighted by Gasteiger charge is -2.01. The van der Waals surface area contributed by atoms with Crippen LogP contribution in [0.4, 0.5) is 5.82 Å². The third kappa shape index (κ3) is 3.38. The van der Waals surface area contributed by atoms with Gasteiger partial charge in [0.15, 0.2) is 0 Å². The Morgan fingerprint density at radius 3 is 2.77 bits per heavy atom. The summed E-state index contributed by atoms with van der Waals surface area (Å²) in [5.41, 5.74) is 5.34. The quantitative estimate of drug-likeness (QED) is 0.541. The van der Waals surface area contributed by atoms with Crippen LogP contribution in [0, 0.1) is 4.64 Å². The summed E-state index contributed by atoms with van der Waals surface area (Å²) in [5, 5.41) is 0. The van der Waals surface area contributed by atoms with E-state index >= 15 is 0 Å². The zero-order valence-corrected chi connectivity index (χ0v) is 8.28. The normalized spacial score (nSPS) is 11.2. The highest BCUT2D eigenvalue weighted by molar-refractivity contribution is 7.86. The third-order valence-corrected chi connectivity index (χ3v) is 1.64. The van der Waals surface area contributed by atoms with Crippen LogP contribution in [0.15, 0.2) is 6.07 Å². The lowest BCUT2D eigenvalue weighted by Crippen LogP contribution is -2.09. The molecule has 1 aromatic rings. The molecule has 0 aromatic carbocycles. The molecule has 72 valence electrons. The van der Waals surface area contributed by atoms with Gasteiger partial charge >= 0.3 is 16.1 Å². The summed E-state index contributed by atoms with van der Waals surface area (Å²) in [6.07, 6.45) is 0.898. The van der Waals surface area contributed by atoms with E-state index in [2.05, 4.69) is 14.2 Å². The summed E-state index contributed by atoms with van der Waals surface area (Å²) < 4.78 is 25.9. The number of rotatable bonds is 2. The van der Waals surface area contributed by atoms with Crippen molar-refractivity contribution >= 4 is 28.2 Å². The van der Waals surface area contributed by atoms with Crippen LogP contribution < -0.4 is 9.92 Å². The van der Waals surface area contributed by atoms with Crippen molar-refractivity contribution in [3.63, 3.8) is 0 Å². The van der Waals surface area contributed by atoms with Gasteiger partial charge < -0.3 is 9.92 Å². The van der Waals surface area contributed by atoms with Gasteiger partial charge in [0.2, 0.25) is 0 Å². The number of nitrogens with two attached hydrogens (primary N) is 1. The van der Waals surface area contributed by atoms with Gasteiger partial charge in [-0.2, -0.15) is 13.4 Å². The first-order chi connectivity index (χ1) is 5.87. The Morgan fingerprint density at radius 1 is 1.69 bits per heavy atom. The molecule has 0 unspecified atom stereocenters. The molecular weight excluding hydrogens is 214 g/mol. The Morgan fingerprint density at radius 2 is 2.31 bits per heavy atom. The van der Waals surface area contributed by atoms with Crippen LogP contribution in [0.5, 0.6) is 6.01 Å². The first-order valence-corrected chi connectivity index (χ1v) is 5.35. The van der Waals surface area contributed by atoms with E-state index in [9.17, 15) is 8.42 Å². The number of aromatic amines is 1. The van der Waals surface area contributed by atoms with E-state index < -0.39 is 10.1 Å². The Kier molecular flexibility index (Phi) is 2.52. The Bertz CT molecular complexity index is 464. The molecule has 1 aromatic heterocycles. The number of hydrogen-bond donors (Lipinski definition) is 2. The molecule has 8 heteroatoms. The van der Waals surface area contributed by atoms with Crippen molar-refractivity contribution in [3.05, 3.63) is 10.7 Å². The summed E-state index contributed by atoms with van der Waals surface area (Å²) in [6, 6.07) is 1.15. The average molecular weight is 221 g/mol. The number of nitrogens with one attached hydrogen (secondary N) is 1. The smallest absolute Gasteiger partial charge is 0.313 e. The molecule has 0 atom stereocenters. The van der Waals surface area contributed by atoms with Crippen molar-refractivity contribution in [2.24, 2.45) is 0 Å². The largest absolute Gasteiger partial charge is 0.385 e. The lowest BCUT2D eigenvalue weighted by molar-refractivity contribution is 0.470. The maximum absolute atomic E-state index is 10.7. The number of aromatic nitrogens is 2. The number of nitrogen functional groups attached to an aromatic ring is 1. The van der Waals surface area contributed by atoms with Crippen molar-refractivity contribution in [2.45, 2.75) is 0 Å². The maximum atomic E-state index is 10.7. The average Bonchev–Trinajstić information content (AvgIpc) is 1.78. The van der Waals surface area contributed by atoms with Gasteiger partial charge in [0, 0.05) is 6.07 Å². The van der Waals surface area contributed by atoms with Crippen LogP contribution in [-0.4, -0.2) is 24.6 Å². The first kappa shape index (κ1) is 9.93. The van der Waals surface area contributed by atoms with Crippen molar-refractivity contribution in [2.75, 3.05) is 12.0 Å². The monoisotopic (exact) mass is 221 g/mol. The van der Waals surface area contributed by atoms with Crippen LogP contribution in [0.25, 0.3) is 0 Å². The van der Waals surface area contributed by atoms with Gasteiger partial charge in [0.05, 0.1) is 6.26 Å². The predicted molar refractivity (Wildman–Crippen MR) is 49.3 cm³/mol. The summed E-state index contributed by atoms with van der Waals surface area (Å²) in [6.45, 7) is 0. The van der Waals surface area contributed by atoms with E-state index in [1.165, 1.54) is 6.07 Å². The van der Waals surface area contributed by atoms with Gasteiger partial charge in [0.1, 0.15) is 10.5 Å². The van der Waals surface area contributed by atoms with Crippen LogP contribution in [0.2, 0.25) is 0 Å². The van der Waals surface area contributed by atoms with E-state index in [0.717, 1.165) is 6.26 Å². The molecule has 0 spiro atoms. The van der Waals surface area contributed by atoms with Gasteiger partial charge in [-0.25, -0.2) is 0 Å². The zero-order chi connectivity index (χ0) is 10.1. The van der Waals surface area contributed by atoms with E-state index in [0.29, 0.717) is 0 Å². The molecule has 6 nitrogen and oxygen atoms in total. The molecule has 0 aliphatic carbocycles. The molecular formula is C5H7N3O3S2. The van der Waals surface area contributed by atoms with Crippen molar-refractivity contribution in [1.82, 2.24) is 9.97 Å². The van der Waals surface area contributed by atoms with E-state index in [1.54, 1.807) is 0 Å². The Hall–Kier alpha value is -1.15. The molecule has 0 saturated carbocycles. The zero-order valence-electron chi connectivity index (χ0n) is 6.64. The second-order valence-corrected chi connectivity index (χ2v) is 4.26. The second kappa shape index (κ2) is 3.30. The summed E-state index contributed by atoms with van der Waals surface area (Å²) in [4.78, 5) is 6.00. The standard InChI is InChI=1S/C5H7N3O3S2/c1-13(9,10)11-5-7-3(6)2-4(12)8-5/h2H,1H3,(H3,6,7,8,12). The van der Waals surface area contributed by atoms with Crippen LogP contribution >= 0.6 is 12.2 Å². The molecule has 0 saturated heterocycles. The second-order valence-electron chi connectivity index (χ2n) is 2.27. The summed E-state index contributed by atoms with van der Waals surface area (Å²) in [7, 11) is -3.61. The van der Waals surface area contributed by atoms with Crippen LogP contribution in [0.3, 0.4) is 0 Å². The van der Waals surface area contributed by atoms with Gasteiger partial charge in [-0.15, -0.1) is 0 Å². The molecule has 13 heavy (non-hydrogen) atoms. The summed E-state index contributed by atoms with van der Waals surface area (Å²) >= 11 is 4.69. The van der Waals surface area contributed by atoms with Crippen molar-refractivity contribution in [1.29, 1.82) is 0 Å². The number of H-pyrrole nitrogens is 1. The Balaban J connectivity index is 3.10. The molecule has 0 amide bonds. The van der Waals surface area contributed by atoms with E-state index in [4.69, 9.17) is 18.0 Å². The molecule has 0 aliphatic rings. The highest BCUT2D eigenvalue weighted by atomic mass is 32.2. The van der Waals surface area contributed by atoms with Gasteiger partial charge in [-0.1, -0.05) is 12.2 Å². The Labute approximate surface area is 79.9 Å². The highest BCUT2D eigenvalue weighted by Crippen LogP contribution is 2.07. The molecule has 0 bridgehead atoms. The number of anilines is 1. The third-order valence-electron chi connectivity index (χ3n) is 0.972. The first-order valence-electron chi connectivity index (χ1n) is 3.13. The molecule has 0 radical (unpaired) electrons. The SMILES string of the molecule is CS(=O)(=O)Oc1nc(=S)cc(N)[nH]1. The van der Waals surface area contributed by atoms with Gasteiger partial charge in [-0.05, 0) is 0 Å². The topological polar surface area (TPSA) is 98.1 Å². The van der Waals surface area contributed by atoms with Crippen LogP contribution in [0.1, 0.15) is 0 Å². The van der Waals surface area contributed by atoms with Crippen molar-refractivity contribution < 1.29 is 12.6 Å².